The molecule has 1 amide bonds. The Bertz CT molecular complexity index is 855. The van der Waals surface area contributed by atoms with Crippen LogP contribution in [-0.2, 0) is 24.8 Å². The third-order valence-electron chi connectivity index (χ3n) is 4.09. The molecular weight excluding hydrogens is 302 g/mol. The van der Waals surface area contributed by atoms with Gasteiger partial charge in [0, 0.05) is 20.0 Å². The van der Waals surface area contributed by atoms with Gasteiger partial charge in [0.15, 0.2) is 0 Å². The zero-order valence-electron chi connectivity index (χ0n) is 14.0. The number of methoxy groups -OCH3 is 1. The van der Waals surface area contributed by atoms with E-state index in [0.717, 1.165) is 27.9 Å². The molecule has 5 nitrogen and oxygen atoms in total. The summed E-state index contributed by atoms with van der Waals surface area (Å²) in [7, 11) is 3.61. The molecule has 124 valence electrons. The maximum Gasteiger partial charge on any atom is 0.220 e. The molecule has 0 radical (unpaired) electrons. The predicted molar refractivity (Wildman–Crippen MR) is 93.9 cm³/mol. The third-order valence-corrected chi connectivity index (χ3v) is 4.09. The summed E-state index contributed by atoms with van der Waals surface area (Å²) in [6.07, 6.45) is 2.89. The van der Waals surface area contributed by atoms with Crippen molar-refractivity contribution >= 4 is 16.9 Å². The molecule has 0 unspecified atom stereocenters. The quantitative estimate of drug-likeness (QED) is 0.759. The number of nitrogens with zero attached hydrogens (tertiary/aromatic N) is 2. The monoisotopic (exact) mass is 323 g/mol. The normalized spacial score (nSPS) is 10.8. The Hall–Kier alpha value is -2.82. The van der Waals surface area contributed by atoms with Gasteiger partial charge in [-0.15, -0.1) is 0 Å². The van der Waals surface area contributed by atoms with Crippen LogP contribution in [0.15, 0.2) is 48.8 Å². The van der Waals surface area contributed by atoms with E-state index in [-0.39, 0.29) is 5.91 Å². The van der Waals surface area contributed by atoms with E-state index >= 15 is 0 Å². The molecule has 0 aliphatic carbocycles. The lowest BCUT2D eigenvalue weighted by Crippen LogP contribution is -2.23. The van der Waals surface area contributed by atoms with Crippen LogP contribution in [-0.4, -0.2) is 22.6 Å². The van der Waals surface area contributed by atoms with Crippen LogP contribution in [0.5, 0.6) is 5.75 Å². The van der Waals surface area contributed by atoms with Crippen LogP contribution in [0.25, 0.3) is 11.0 Å². The first kappa shape index (κ1) is 16.1. The molecule has 0 saturated heterocycles. The van der Waals surface area contributed by atoms with Crippen LogP contribution >= 0.6 is 0 Å². The van der Waals surface area contributed by atoms with Crippen molar-refractivity contribution in [3.05, 3.63) is 59.9 Å². The summed E-state index contributed by atoms with van der Waals surface area (Å²) in [4.78, 5) is 16.4. The van der Waals surface area contributed by atoms with Gasteiger partial charge in [0.05, 0.1) is 24.5 Å². The predicted octanol–water partition coefficient (Wildman–Crippen LogP) is 2.83. The van der Waals surface area contributed by atoms with E-state index in [1.807, 2.05) is 54.1 Å². The zero-order chi connectivity index (χ0) is 16.9. The Morgan fingerprint density at radius 3 is 2.92 bits per heavy atom. The molecule has 3 aromatic rings. The third kappa shape index (κ3) is 3.56. The molecule has 1 aromatic heterocycles. The Morgan fingerprint density at radius 2 is 2.08 bits per heavy atom. The van der Waals surface area contributed by atoms with Gasteiger partial charge >= 0.3 is 0 Å². The minimum Gasteiger partial charge on any atom is -0.496 e. The number of carbonyl (C=O) groups excluding carboxylic acids is 1. The first-order valence-corrected chi connectivity index (χ1v) is 7.96. The zero-order valence-corrected chi connectivity index (χ0v) is 14.0. The number of benzene rings is 2. The average molecular weight is 323 g/mol. The van der Waals surface area contributed by atoms with Crippen molar-refractivity contribution in [2.75, 3.05) is 7.11 Å². The molecule has 1 N–H and O–H groups in total. The van der Waals surface area contributed by atoms with E-state index in [1.54, 1.807) is 13.4 Å². The number of fused-ring (bicyclic) bond motifs is 1. The topological polar surface area (TPSA) is 56.1 Å². The van der Waals surface area contributed by atoms with Crippen LogP contribution in [0, 0.1) is 0 Å². The first-order valence-electron chi connectivity index (χ1n) is 7.96. The molecule has 24 heavy (non-hydrogen) atoms. The highest BCUT2D eigenvalue weighted by atomic mass is 16.5. The molecule has 0 aliphatic rings. The highest BCUT2D eigenvalue weighted by molar-refractivity contribution is 5.78. The van der Waals surface area contributed by atoms with Crippen LogP contribution in [0.2, 0.25) is 0 Å². The first-order chi connectivity index (χ1) is 11.7. The number of para-hydroxylation sites is 1. The van der Waals surface area contributed by atoms with Crippen molar-refractivity contribution < 1.29 is 9.53 Å². The largest absolute Gasteiger partial charge is 0.496 e. The van der Waals surface area contributed by atoms with Gasteiger partial charge in [-0.1, -0.05) is 24.3 Å². The molecule has 0 saturated carbocycles. The summed E-state index contributed by atoms with van der Waals surface area (Å²) in [5.41, 5.74) is 4.12. The summed E-state index contributed by atoms with van der Waals surface area (Å²) in [6.45, 7) is 0.511. The average Bonchev–Trinajstić information content (AvgIpc) is 2.99. The van der Waals surface area contributed by atoms with Crippen molar-refractivity contribution in [2.45, 2.75) is 19.4 Å². The highest BCUT2D eigenvalue weighted by Crippen LogP contribution is 2.19. The minimum absolute atomic E-state index is 0.0297. The Morgan fingerprint density at radius 1 is 1.25 bits per heavy atom. The summed E-state index contributed by atoms with van der Waals surface area (Å²) in [5.74, 6) is 0.855. The van der Waals surface area contributed by atoms with Gasteiger partial charge in [-0.25, -0.2) is 4.98 Å². The summed E-state index contributed by atoms with van der Waals surface area (Å²) < 4.78 is 7.29. The Balaban J connectivity index is 1.54. The fourth-order valence-electron chi connectivity index (χ4n) is 2.74. The molecule has 0 fully saturated rings. The Kier molecular flexibility index (Phi) is 4.79. The van der Waals surface area contributed by atoms with Crippen molar-refractivity contribution in [2.24, 2.45) is 7.05 Å². The maximum absolute atomic E-state index is 12.1. The van der Waals surface area contributed by atoms with Crippen LogP contribution < -0.4 is 10.1 Å². The number of amides is 1. The number of hydrogen-bond donors (Lipinski definition) is 1. The number of aromatic nitrogens is 2. The number of hydrogen-bond acceptors (Lipinski definition) is 3. The van der Waals surface area contributed by atoms with Gasteiger partial charge in [-0.3, -0.25) is 4.79 Å². The number of aryl methyl sites for hydroxylation is 2. The molecule has 2 aromatic carbocycles. The van der Waals surface area contributed by atoms with Crippen LogP contribution in [0.1, 0.15) is 17.5 Å². The Labute approximate surface area is 141 Å². The number of carbonyl (C=O) groups is 1. The molecule has 5 heteroatoms. The van der Waals surface area contributed by atoms with E-state index in [4.69, 9.17) is 4.74 Å². The van der Waals surface area contributed by atoms with Gasteiger partial charge < -0.3 is 14.6 Å². The fourth-order valence-corrected chi connectivity index (χ4v) is 2.74. The summed E-state index contributed by atoms with van der Waals surface area (Å²) >= 11 is 0. The lowest BCUT2D eigenvalue weighted by atomic mass is 10.1. The molecule has 3 rings (SSSR count). The van der Waals surface area contributed by atoms with E-state index in [9.17, 15) is 4.79 Å². The van der Waals surface area contributed by atoms with Gasteiger partial charge in [-0.2, -0.15) is 0 Å². The standard InChI is InChI=1S/C19H21N3O2/c1-22-13-21-16-11-14(7-9-17(16)22)12-20-19(23)10-8-15-5-3-4-6-18(15)24-2/h3-7,9,11,13H,8,10,12H2,1-2H3,(H,20,23). The summed E-state index contributed by atoms with van der Waals surface area (Å²) in [6, 6.07) is 13.8. The van der Waals surface area contributed by atoms with E-state index in [1.165, 1.54) is 0 Å². The van der Waals surface area contributed by atoms with E-state index in [0.29, 0.717) is 19.4 Å². The number of imidazole rings is 1. The van der Waals surface area contributed by atoms with Gasteiger partial charge in [0.2, 0.25) is 5.91 Å². The lowest BCUT2D eigenvalue weighted by Gasteiger charge is -2.09. The lowest BCUT2D eigenvalue weighted by molar-refractivity contribution is -0.121. The molecule has 0 bridgehead atoms. The van der Waals surface area contributed by atoms with Crippen molar-refractivity contribution in [1.29, 1.82) is 0 Å². The van der Waals surface area contributed by atoms with Crippen molar-refractivity contribution in [3.8, 4) is 5.75 Å². The second-order valence-electron chi connectivity index (χ2n) is 5.77. The number of ether oxygens (including phenoxy) is 1. The maximum atomic E-state index is 12.1. The molecule has 0 spiro atoms. The van der Waals surface area contributed by atoms with Crippen LogP contribution in [0.4, 0.5) is 0 Å². The van der Waals surface area contributed by atoms with Crippen molar-refractivity contribution in [3.63, 3.8) is 0 Å². The van der Waals surface area contributed by atoms with E-state index < -0.39 is 0 Å². The summed E-state index contributed by atoms with van der Waals surface area (Å²) in [5, 5.41) is 2.96. The van der Waals surface area contributed by atoms with E-state index in [2.05, 4.69) is 10.3 Å². The number of nitrogens with one attached hydrogen (secondary N) is 1. The van der Waals surface area contributed by atoms with Gasteiger partial charge in [-0.05, 0) is 35.7 Å². The SMILES string of the molecule is COc1ccccc1CCC(=O)NCc1ccc2c(c1)ncn2C. The van der Waals surface area contributed by atoms with Gasteiger partial charge in [0.1, 0.15) is 5.75 Å². The van der Waals surface area contributed by atoms with Gasteiger partial charge in [0.25, 0.3) is 0 Å². The van der Waals surface area contributed by atoms with Crippen molar-refractivity contribution in [1.82, 2.24) is 14.9 Å². The number of rotatable bonds is 6. The highest BCUT2D eigenvalue weighted by Gasteiger charge is 2.07. The second-order valence-corrected chi connectivity index (χ2v) is 5.77. The smallest absolute Gasteiger partial charge is 0.220 e. The minimum atomic E-state index is 0.0297. The fraction of sp³-hybridized carbons (Fsp3) is 0.263. The molecule has 0 atom stereocenters. The second kappa shape index (κ2) is 7.17. The molecule has 1 heterocycles. The van der Waals surface area contributed by atoms with Crippen LogP contribution in [0.3, 0.4) is 0 Å². The molecular formula is C19H21N3O2. The molecule has 0 aliphatic heterocycles.